The van der Waals surface area contributed by atoms with Gasteiger partial charge in [-0.15, -0.1) is 0 Å². The molecule has 2 atom stereocenters. The van der Waals surface area contributed by atoms with E-state index in [9.17, 15) is 0 Å². The molecule has 0 amide bonds. The molecular weight excluding hydrogens is 236 g/mol. The molecule has 0 aliphatic carbocycles. The number of nitrogens with one attached hydrogen (secondary N) is 1. The van der Waals surface area contributed by atoms with Gasteiger partial charge in [0.25, 0.3) is 0 Å². The van der Waals surface area contributed by atoms with Crippen molar-refractivity contribution in [2.45, 2.75) is 57.7 Å². The number of fused-ring (bicyclic) bond motifs is 2. The van der Waals surface area contributed by atoms with Crippen LogP contribution in [-0.4, -0.2) is 30.6 Å². The zero-order valence-electron chi connectivity index (χ0n) is 12.2. The van der Waals surface area contributed by atoms with Gasteiger partial charge in [0.15, 0.2) is 0 Å². The van der Waals surface area contributed by atoms with Crippen molar-refractivity contribution < 1.29 is 4.42 Å². The Bertz CT molecular complexity index is 401. The van der Waals surface area contributed by atoms with Crippen LogP contribution in [0.15, 0.2) is 16.5 Å². The molecule has 19 heavy (non-hydrogen) atoms. The van der Waals surface area contributed by atoms with Crippen molar-refractivity contribution in [2.75, 3.05) is 13.6 Å². The molecule has 2 bridgehead atoms. The van der Waals surface area contributed by atoms with Crippen molar-refractivity contribution in [1.29, 1.82) is 0 Å². The Balaban J connectivity index is 1.43. The summed E-state index contributed by atoms with van der Waals surface area (Å²) in [7, 11) is 2.31. The summed E-state index contributed by atoms with van der Waals surface area (Å²) in [5.74, 6) is 3.02. The molecule has 0 saturated carbocycles. The summed E-state index contributed by atoms with van der Waals surface area (Å²) in [4.78, 5) is 2.61. The van der Waals surface area contributed by atoms with Crippen LogP contribution in [0.4, 0.5) is 0 Å². The van der Waals surface area contributed by atoms with E-state index in [0.29, 0.717) is 0 Å². The van der Waals surface area contributed by atoms with Gasteiger partial charge in [-0.2, -0.15) is 0 Å². The van der Waals surface area contributed by atoms with Gasteiger partial charge in [-0.3, -0.25) is 0 Å². The molecular formula is C16H26N2O. The summed E-state index contributed by atoms with van der Waals surface area (Å²) in [6, 6.07) is 5.89. The van der Waals surface area contributed by atoms with E-state index in [0.717, 1.165) is 49.0 Å². The molecule has 106 valence electrons. The average molecular weight is 262 g/mol. The van der Waals surface area contributed by atoms with Gasteiger partial charge in [-0.05, 0) is 57.3 Å². The zero-order chi connectivity index (χ0) is 13.2. The van der Waals surface area contributed by atoms with Crippen LogP contribution in [0, 0.1) is 5.92 Å². The maximum atomic E-state index is 5.72. The number of aryl methyl sites for hydroxylation is 1. The third kappa shape index (κ3) is 2.87. The van der Waals surface area contributed by atoms with Gasteiger partial charge in [-0.25, -0.2) is 0 Å². The second-order valence-electron chi connectivity index (χ2n) is 6.24. The number of hydrogen-bond acceptors (Lipinski definition) is 3. The number of nitrogens with zero attached hydrogens (tertiary/aromatic N) is 1. The molecule has 1 N–H and O–H groups in total. The van der Waals surface area contributed by atoms with Gasteiger partial charge in [-0.1, -0.05) is 6.92 Å². The number of piperidine rings is 1. The van der Waals surface area contributed by atoms with Crippen molar-refractivity contribution in [3.63, 3.8) is 0 Å². The summed E-state index contributed by atoms with van der Waals surface area (Å²) in [5, 5.41) is 3.58. The second kappa shape index (κ2) is 5.68. The van der Waals surface area contributed by atoms with E-state index in [1.165, 1.54) is 25.7 Å². The molecule has 0 spiro atoms. The van der Waals surface area contributed by atoms with E-state index in [2.05, 4.69) is 36.3 Å². The average Bonchev–Trinajstić information content (AvgIpc) is 2.93. The van der Waals surface area contributed by atoms with Crippen LogP contribution >= 0.6 is 0 Å². The highest BCUT2D eigenvalue weighted by atomic mass is 16.3. The van der Waals surface area contributed by atoms with Gasteiger partial charge in [0.1, 0.15) is 11.5 Å². The van der Waals surface area contributed by atoms with E-state index in [-0.39, 0.29) is 0 Å². The predicted octanol–water partition coefficient (Wildman–Crippen LogP) is 2.80. The number of furan rings is 1. The minimum absolute atomic E-state index is 0.848. The lowest BCUT2D eigenvalue weighted by Gasteiger charge is -2.36. The topological polar surface area (TPSA) is 28.4 Å². The maximum absolute atomic E-state index is 5.72. The van der Waals surface area contributed by atoms with Crippen LogP contribution < -0.4 is 5.32 Å². The molecule has 0 radical (unpaired) electrons. The summed E-state index contributed by atoms with van der Waals surface area (Å²) in [5.41, 5.74) is 0. The summed E-state index contributed by atoms with van der Waals surface area (Å²) >= 11 is 0. The molecule has 2 aliphatic heterocycles. The zero-order valence-corrected chi connectivity index (χ0v) is 12.2. The van der Waals surface area contributed by atoms with Gasteiger partial charge < -0.3 is 14.6 Å². The van der Waals surface area contributed by atoms with E-state index in [1.807, 2.05) is 0 Å². The summed E-state index contributed by atoms with van der Waals surface area (Å²) in [6.45, 7) is 4.15. The number of rotatable bonds is 5. The van der Waals surface area contributed by atoms with Crippen LogP contribution in [0.1, 0.15) is 44.1 Å². The van der Waals surface area contributed by atoms with Crippen molar-refractivity contribution in [3.8, 4) is 0 Å². The third-order valence-corrected chi connectivity index (χ3v) is 4.99. The minimum atomic E-state index is 0.848. The first-order valence-corrected chi connectivity index (χ1v) is 7.76. The van der Waals surface area contributed by atoms with E-state index < -0.39 is 0 Å². The Morgan fingerprint density at radius 2 is 1.89 bits per heavy atom. The van der Waals surface area contributed by atoms with E-state index in [1.54, 1.807) is 0 Å². The molecule has 2 saturated heterocycles. The fourth-order valence-electron chi connectivity index (χ4n) is 3.80. The van der Waals surface area contributed by atoms with Crippen LogP contribution in [0.2, 0.25) is 0 Å². The van der Waals surface area contributed by atoms with Gasteiger partial charge in [0.05, 0.1) is 6.54 Å². The summed E-state index contributed by atoms with van der Waals surface area (Å²) in [6.07, 6.45) is 6.56. The van der Waals surface area contributed by atoms with Gasteiger partial charge in [0, 0.05) is 18.5 Å². The highest BCUT2D eigenvalue weighted by molar-refractivity contribution is 5.06. The summed E-state index contributed by atoms with van der Waals surface area (Å²) < 4.78 is 5.72. The lowest BCUT2D eigenvalue weighted by Crippen LogP contribution is -2.42. The molecule has 2 aliphatic rings. The van der Waals surface area contributed by atoms with Crippen molar-refractivity contribution in [1.82, 2.24) is 10.2 Å². The Morgan fingerprint density at radius 3 is 2.53 bits per heavy atom. The highest BCUT2D eigenvalue weighted by Crippen LogP contribution is 2.36. The molecule has 0 aromatic carbocycles. The fourth-order valence-corrected chi connectivity index (χ4v) is 3.80. The number of hydrogen-bond donors (Lipinski definition) is 1. The van der Waals surface area contributed by atoms with Crippen LogP contribution in [0.3, 0.4) is 0 Å². The van der Waals surface area contributed by atoms with Crippen molar-refractivity contribution >= 4 is 0 Å². The first kappa shape index (κ1) is 13.2. The van der Waals surface area contributed by atoms with Gasteiger partial charge >= 0.3 is 0 Å². The lowest BCUT2D eigenvalue weighted by molar-refractivity contribution is 0.132. The molecule has 2 fully saturated rings. The Kier molecular flexibility index (Phi) is 3.94. The van der Waals surface area contributed by atoms with Crippen LogP contribution in [0.25, 0.3) is 0 Å². The Hall–Kier alpha value is -0.800. The smallest absolute Gasteiger partial charge is 0.117 e. The molecule has 3 rings (SSSR count). The molecule has 1 aromatic heterocycles. The second-order valence-corrected chi connectivity index (χ2v) is 6.24. The van der Waals surface area contributed by atoms with Crippen LogP contribution in [0.5, 0.6) is 0 Å². The minimum Gasteiger partial charge on any atom is -0.465 e. The molecule has 3 heteroatoms. The van der Waals surface area contributed by atoms with Crippen molar-refractivity contribution in [2.24, 2.45) is 5.92 Å². The lowest BCUT2D eigenvalue weighted by atomic mass is 9.91. The Labute approximate surface area is 116 Å². The SMILES string of the molecule is CCc1ccc(CNCC2CC3CCC(C2)N3C)o1. The standard InChI is InChI=1S/C16H26N2O/c1-3-15-6-7-16(19-15)11-17-10-12-8-13-4-5-14(9-12)18(13)2/h6-7,12-14,17H,3-5,8-11H2,1-2H3. The van der Waals surface area contributed by atoms with Crippen molar-refractivity contribution in [3.05, 3.63) is 23.7 Å². The molecule has 1 aromatic rings. The van der Waals surface area contributed by atoms with Crippen LogP contribution in [-0.2, 0) is 13.0 Å². The first-order chi connectivity index (χ1) is 9.26. The van der Waals surface area contributed by atoms with E-state index >= 15 is 0 Å². The fraction of sp³-hybridized carbons (Fsp3) is 0.750. The molecule has 2 unspecified atom stereocenters. The third-order valence-electron chi connectivity index (χ3n) is 4.99. The maximum Gasteiger partial charge on any atom is 0.117 e. The Morgan fingerprint density at radius 1 is 1.21 bits per heavy atom. The largest absolute Gasteiger partial charge is 0.465 e. The monoisotopic (exact) mass is 262 g/mol. The van der Waals surface area contributed by atoms with Gasteiger partial charge in [0.2, 0.25) is 0 Å². The van der Waals surface area contributed by atoms with E-state index in [4.69, 9.17) is 4.42 Å². The normalized spacial score (nSPS) is 30.9. The highest BCUT2D eigenvalue weighted by Gasteiger charge is 2.37. The molecule has 3 heterocycles. The predicted molar refractivity (Wildman–Crippen MR) is 77.1 cm³/mol. The first-order valence-electron chi connectivity index (χ1n) is 7.76. The molecule has 3 nitrogen and oxygen atoms in total. The quantitative estimate of drug-likeness (QED) is 0.884.